The normalized spacial score (nSPS) is 16.9. The molecular weight excluding hydrogens is 346 g/mol. The molecule has 0 aromatic heterocycles. The standard InChI is InChI=1S/C21H45NO5/c1-18(17-25-5)27-21(4,24)14-10-6-7-12-16-26-20(2,3)19(22)13-9-8-11-15-23/h18-19,23-24H,6-17,22H2,1-5H3. The Hall–Kier alpha value is -0.240. The van der Waals surface area contributed by atoms with E-state index in [0.717, 1.165) is 51.4 Å². The summed E-state index contributed by atoms with van der Waals surface area (Å²) < 4.78 is 16.6. The third-order valence-corrected chi connectivity index (χ3v) is 4.93. The molecule has 0 fully saturated rings. The SMILES string of the molecule is COCC(C)OC(C)(O)CCCCCCOC(C)(C)C(N)CCCCCO. The maximum atomic E-state index is 10.3. The lowest BCUT2D eigenvalue weighted by Gasteiger charge is -2.32. The van der Waals surface area contributed by atoms with Crippen molar-refractivity contribution in [1.29, 1.82) is 0 Å². The average molecular weight is 392 g/mol. The minimum atomic E-state index is -1.10. The number of nitrogens with two attached hydrogens (primary N) is 1. The Bertz CT molecular complexity index is 349. The van der Waals surface area contributed by atoms with E-state index in [2.05, 4.69) is 13.8 Å². The Morgan fingerprint density at radius 1 is 0.963 bits per heavy atom. The van der Waals surface area contributed by atoms with E-state index < -0.39 is 5.79 Å². The van der Waals surface area contributed by atoms with E-state index in [0.29, 0.717) is 19.6 Å². The number of rotatable bonds is 18. The Morgan fingerprint density at radius 2 is 1.59 bits per heavy atom. The van der Waals surface area contributed by atoms with E-state index >= 15 is 0 Å². The molecule has 0 aromatic carbocycles. The van der Waals surface area contributed by atoms with E-state index in [4.69, 9.17) is 25.1 Å². The van der Waals surface area contributed by atoms with Crippen molar-refractivity contribution in [3.05, 3.63) is 0 Å². The first-order chi connectivity index (χ1) is 12.6. The first-order valence-corrected chi connectivity index (χ1v) is 10.5. The quantitative estimate of drug-likeness (QED) is 0.245. The summed E-state index contributed by atoms with van der Waals surface area (Å²) in [7, 11) is 1.63. The summed E-state index contributed by atoms with van der Waals surface area (Å²) >= 11 is 0. The van der Waals surface area contributed by atoms with Gasteiger partial charge in [0.05, 0.1) is 18.3 Å². The van der Waals surface area contributed by atoms with E-state index in [1.54, 1.807) is 14.0 Å². The van der Waals surface area contributed by atoms with E-state index in [1.807, 2.05) is 6.92 Å². The predicted octanol–water partition coefficient (Wildman–Crippen LogP) is 3.37. The summed E-state index contributed by atoms with van der Waals surface area (Å²) in [5.41, 5.74) is 5.94. The van der Waals surface area contributed by atoms with Crippen LogP contribution in [0.4, 0.5) is 0 Å². The van der Waals surface area contributed by atoms with E-state index in [1.165, 1.54) is 0 Å². The molecule has 0 bridgehead atoms. The second-order valence-electron chi connectivity index (χ2n) is 8.35. The molecule has 6 heteroatoms. The molecule has 0 aliphatic rings. The maximum absolute atomic E-state index is 10.3. The molecule has 4 N–H and O–H groups in total. The molecule has 6 nitrogen and oxygen atoms in total. The lowest BCUT2D eigenvalue weighted by atomic mass is 9.94. The van der Waals surface area contributed by atoms with E-state index in [9.17, 15) is 5.11 Å². The molecule has 27 heavy (non-hydrogen) atoms. The van der Waals surface area contributed by atoms with Crippen molar-refractivity contribution in [3.63, 3.8) is 0 Å². The molecule has 0 heterocycles. The first-order valence-electron chi connectivity index (χ1n) is 10.5. The smallest absolute Gasteiger partial charge is 0.163 e. The van der Waals surface area contributed by atoms with Gasteiger partial charge in [0, 0.05) is 32.8 Å². The fourth-order valence-corrected chi connectivity index (χ4v) is 3.11. The summed E-state index contributed by atoms with van der Waals surface area (Å²) in [6, 6.07) is 0.0116. The molecular formula is C21H45NO5. The van der Waals surface area contributed by atoms with Crippen molar-refractivity contribution >= 4 is 0 Å². The van der Waals surface area contributed by atoms with Crippen LogP contribution in [0.3, 0.4) is 0 Å². The number of unbranched alkanes of at least 4 members (excludes halogenated alkanes) is 5. The molecule has 0 aromatic rings. The molecule has 3 atom stereocenters. The zero-order chi connectivity index (χ0) is 20.8. The summed E-state index contributed by atoms with van der Waals surface area (Å²) in [6.45, 7) is 9.16. The predicted molar refractivity (Wildman–Crippen MR) is 110 cm³/mol. The Morgan fingerprint density at radius 3 is 2.22 bits per heavy atom. The number of methoxy groups -OCH3 is 1. The Labute approximate surface area is 166 Å². The van der Waals surface area contributed by atoms with Gasteiger partial charge in [0.15, 0.2) is 5.79 Å². The molecule has 3 unspecified atom stereocenters. The molecule has 0 aliphatic carbocycles. The summed E-state index contributed by atoms with van der Waals surface area (Å²) in [5, 5.41) is 19.1. The van der Waals surface area contributed by atoms with Crippen molar-refractivity contribution < 1.29 is 24.4 Å². The number of aliphatic hydroxyl groups excluding tert-OH is 1. The van der Waals surface area contributed by atoms with Gasteiger partial charge in [-0.1, -0.05) is 25.7 Å². The van der Waals surface area contributed by atoms with Crippen LogP contribution < -0.4 is 5.73 Å². The van der Waals surface area contributed by atoms with Gasteiger partial charge in [-0.2, -0.15) is 0 Å². The minimum Gasteiger partial charge on any atom is -0.396 e. The van der Waals surface area contributed by atoms with Crippen LogP contribution in [-0.4, -0.2) is 60.7 Å². The molecule has 0 spiro atoms. The van der Waals surface area contributed by atoms with Crippen LogP contribution in [0, 0.1) is 0 Å². The number of ether oxygens (including phenoxy) is 3. The summed E-state index contributed by atoms with van der Waals surface area (Å²) in [5.74, 6) is -1.10. The van der Waals surface area contributed by atoms with Crippen LogP contribution in [0.15, 0.2) is 0 Å². The van der Waals surface area contributed by atoms with E-state index in [-0.39, 0.29) is 24.4 Å². The number of hydrogen-bond donors (Lipinski definition) is 3. The molecule has 0 rings (SSSR count). The highest BCUT2D eigenvalue weighted by Crippen LogP contribution is 2.21. The van der Waals surface area contributed by atoms with Gasteiger partial charge in [0.1, 0.15) is 0 Å². The molecule has 0 saturated heterocycles. The fraction of sp³-hybridized carbons (Fsp3) is 1.00. The van der Waals surface area contributed by atoms with Crippen molar-refractivity contribution in [2.45, 2.75) is 109 Å². The summed E-state index contributed by atoms with van der Waals surface area (Å²) in [4.78, 5) is 0. The highest BCUT2D eigenvalue weighted by Gasteiger charge is 2.26. The molecule has 0 aliphatic heterocycles. The van der Waals surface area contributed by atoms with Gasteiger partial charge in [0.2, 0.25) is 0 Å². The second-order valence-corrected chi connectivity index (χ2v) is 8.35. The van der Waals surface area contributed by atoms with Gasteiger partial charge in [-0.25, -0.2) is 0 Å². The van der Waals surface area contributed by atoms with Crippen molar-refractivity contribution in [1.82, 2.24) is 0 Å². The lowest BCUT2D eigenvalue weighted by Crippen LogP contribution is -2.45. The van der Waals surface area contributed by atoms with Crippen LogP contribution >= 0.6 is 0 Å². The topological polar surface area (TPSA) is 94.2 Å². The van der Waals surface area contributed by atoms with Crippen molar-refractivity contribution in [2.75, 3.05) is 26.9 Å². The Kier molecular flexibility index (Phi) is 14.6. The van der Waals surface area contributed by atoms with Gasteiger partial charge < -0.3 is 30.2 Å². The van der Waals surface area contributed by atoms with Crippen LogP contribution in [0.5, 0.6) is 0 Å². The van der Waals surface area contributed by atoms with Crippen molar-refractivity contribution in [3.8, 4) is 0 Å². The third-order valence-electron chi connectivity index (χ3n) is 4.93. The first kappa shape index (κ1) is 26.8. The maximum Gasteiger partial charge on any atom is 0.163 e. The molecule has 0 radical (unpaired) electrons. The zero-order valence-electron chi connectivity index (χ0n) is 18.3. The highest BCUT2D eigenvalue weighted by atomic mass is 16.6. The third kappa shape index (κ3) is 14.4. The number of aliphatic hydroxyl groups is 2. The average Bonchev–Trinajstić information content (AvgIpc) is 2.57. The largest absolute Gasteiger partial charge is 0.396 e. The molecule has 164 valence electrons. The molecule has 0 saturated carbocycles. The van der Waals surface area contributed by atoms with Crippen LogP contribution in [0.2, 0.25) is 0 Å². The fourth-order valence-electron chi connectivity index (χ4n) is 3.11. The van der Waals surface area contributed by atoms with Gasteiger partial charge in [-0.05, 0) is 53.4 Å². The minimum absolute atomic E-state index is 0.0116. The molecule has 0 amide bonds. The number of hydrogen-bond acceptors (Lipinski definition) is 6. The highest BCUT2D eigenvalue weighted by molar-refractivity contribution is 4.82. The van der Waals surface area contributed by atoms with Gasteiger partial charge in [-0.3, -0.25) is 0 Å². The summed E-state index contributed by atoms with van der Waals surface area (Å²) in [6.07, 6.45) is 8.31. The van der Waals surface area contributed by atoms with Gasteiger partial charge in [-0.15, -0.1) is 0 Å². The van der Waals surface area contributed by atoms with Crippen LogP contribution in [0.1, 0.15) is 85.5 Å². The van der Waals surface area contributed by atoms with Crippen LogP contribution in [-0.2, 0) is 14.2 Å². The van der Waals surface area contributed by atoms with Crippen LogP contribution in [0.25, 0.3) is 0 Å². The van der Waals surface area contributed by atoms with Gasteiger partial charge in [0.25, 0.3) is 0 Å². The monoisotopic (exact) mass is 391 g/mol. The Balaban J connectivity index is 3.79. The van der Waals surface area contributed by atoms with Gasteiger partial charge >= 0.3 is 0 Å². The van der Waals surface area contributed by atoms with Crippen molar-refractivity contribution in [2.24, 2.45) is 5.73 Å². The second kappa shape index (κ2) is 14.7. The zero-order valence-corrected chi connectivity index (χ0v) is 18.3. The lowest BCUT2D eigenvalue weighted by molar-refractivity contribution is -0.225.